The largest absolute Gasteiger partial charge is 0.481 e. The van der Waals surface area contributed by atoms with E-state index < -0.39 is 11.9 Å². The summed E-state index contributed by atoms with van der Waals surface area (Å²) in [5, 5.41) is 21.0. The van der Waals surface area contributed by atoms with Gasteiger partial charge in [0.2, 0.25) is 0 Å². The topological polar surface area (TPSA) is 93.4 Å². The molecule has 6 nitrogen and oxygen atoms in total. The standard InChI is InChI=1S/C15H15N3O3/c16-8-9-3-1-2-4-12(9)17-15(21)18-10-5-6-13(18)11(7-10)14(19)20/h1-4,10-11,13H,5-7H2,(H,17,21)(H,19,20). The fraction of sp³-hybridized carbons (Fsp3) is 0.400. The molecule has 2 aliphatic rings. The lowest BCUT2D eigenvalue weighted by molar-refractivity contribution is -0.142. The summed E-state index contributed by atoms with van der Waals surface area (Å²) in [7, 11) is 0. The van der Waals surface area contributed by atoms with Crippen molar-refractivity contribution in [3.63, 3.8) is 0 Å². The molecular weight excluding hydrogens is 270 g/mol. The van der Waals surface area contributed by atoms with Gasteiger partial charge in [-0.25, -0.2) is 4.79 Å². The molecule has 2 saturated heterocycles. The number of hydrogen-bond donors (Lipinski definition) is 2. The van der Waals surface area contributed by atoms with E-state index in [2.05, 4.69) is 5.32 Å². The van der Waals surface area contributed by atoms with Gasteiger partial charge in [-0.15, -0.1) is 0 Å². The summed E-state index contributed by atoms with van der Waals surface area (Å²) in [6, 6.07) is 8.25. The second-order valence-corrected chi connectivity index (χ2v) is 5.47. The molecule has 2 aliphatic heterocycles. The highest BCUT2D eigenvalue weighted by atomic mass is 16.4. The van der Waals surface area contributed by atoms with Gasteiger partial charge in [-0.05, 0) is 31.4 Å². The molecule has 0 radical (unpaired) electrons. The summed E-state index contributed by atoms with van der Waals surface area (Å²) in [6.07, 6.45) is 2.10. The van der Waals surface area contributed by atoms with E-state index in [1.165, 1.54) is 0 Å². The number of carbonyl (C=O) groups excluding carboxylic acids is 1. The van der Waals surface area contributed by atoms with Crippen molar-refractivity contribution in [2.45, 2.75) is 31.3 Å². The minimum absolute atomic E-state index is 0.00894. The third kappa shape index (κ3) is 2.21. The lowest BCUT2D eigenvalue weighted by atomic mass is 9.89. The van der Waals surface area contributed by atoms with Crippen molar-refractivity contribution in [1.82, 2.24) is 4.90 Å². The number of rotatable bonds is 2. The maximum atomic E-state index is 12.4. The van der Waals surface area contributed by atoms with E-state index in [0.717, 1.165) is 12.8 Å². The molecule has 6 heteroatoms. The molecule has 0 aromatic heterocycles. The number of amides is 2. The van der Waals surface area contributed by atoms with Gasteiger partial charge >= 0.3 is 12.0 Å². The maximum Gasteiger partial charge on any atom is 0.322 e. The Morgan fingerprint density at radius 1 is 1.33 bits per heavy atom. The smallest absolute Gasteiger partial charge is 0.322 e. The molecular formula is C15H15N3O3. The van der Waals surface area contributed by atoms with Crippen LogP contribution in [-0.2, 0) is 4.79 Å². The van der Waals surface area contributed by atoms with Gasteiger partial charge in [-0.3, -0.25) is 4.79 Å². The molecule has 0 saturated carbocycles. The predicted octanol–water partition coefficient (Wildman–Crippen LogP) is 2.03. The van der Waals surface area contributed by atoms with Crippen molar-refractivity contribution in [2.24, 2.45) is 5.92 Å². The van der Waals surface area contributed by atoms with E-state index in [0.29, 0.717) is 17.7 Å². The van der Waals surface area contributed by atoms with Crippen molar-refractivity contribution in [2.75, 3.05) is 5.32 Å². The van der Waals surface area contributed by atoms with Crippen LogP contribution in [0.25, 0.3) is 0 Å². The number of nitriles is 1. The molecule has 3 atom stereocenters. The minimum atomic E-state index is -0.836. The van der Waals surface area contributed by atoms with Gasteiger partial charge in [0.15, 0.2) is 0 Å². The second-order valence-electron chi connectivity index (χ2n) is 5.47. The minimum Gasteiger partial charge on any atom is -0.481 e. The second kappa shape index (κ2) is 5.09. The molecule has 0 spiro atoms. The highest BCUT2D eigenvalue weighted by Gasteiger charge is 2.51. The van der Waals surface area contributed by atoms with Gasteiger partial charge in [0.25, 0.3) is 0 Å². The Labute approximate surface area is 122 Å². The van der Waals surface area contributed by atoms with Gasteiger partial charge in [0.1, 0.15) is 6.07 Å². The van der Waals surface area contributed by atoms with Crippen LogP contribution < -0.4 is 5.32 Å². The monoisotopic (exact) mass is 285 g/mol. The fourth-order valence-electron chi connectivity index (χ4n) is 3.44. The van der Waals surface area contributed by atoms with Gasteiger partial charge in [0, 0.05) is 12.1 Å². The van der Waals surface area contributed by atoms with Crippen LogP contribution in [0.1, 0.15) is 24.8 Å². The number of urea groups is 1. The SMILES string of the molecule is N#Cc1ccccc1NC(=O)N1C2CCC1C(C(=O)O)C2. The number of nitrogens with zero attached hydrogens (tertiary/aromatic N) is 2. The molecule has 1 aromatic rings. The van der Waals surface area contributed by atoms with E-state index in [4.69, 9.17) is 5.26 Å². The Balaban J connectivity index is 1.78. The van der Waals surface area contributed by atoms with Gasteiger partial charge in [0.05, 0.1) is 17.2 Å². The first-order chi connectivity index (χ1) is 10.1. The summed E-state index contributed by atoms with van der Waals surface area (Å²) in [6.45, 7) is 0. The first-order valence-corrected chi connectivity index (χ1v) is 6.93. The summed E-state index contributed by atoms with van der Waals surface area (Å²) < 4.78 is 0. The van der Waals surface area contributed by atoms with E-state index in [-0.39, 0.29) is 18.1 Å². The fourth-order valence-corrected chi connectivity index (χ4v) is 3.44. The van der Waals surface area contributed by atoms with Crippen LogP contribution in [0.2, 0.25) is 0 Å². The average Bonchev–Trinajstić information content (AvgIpc) is 3.05. The zero-order valence-electron chi connectivity index (χ0n) is 11.3. The van der Waals surface area contributed by atoms with Crippen molar-refractivity contribution in [3.05, 3.63) is 29.8 Å². The van der Waals surface area contributed by atoms with E-state index in [1.54, 1.807) is 29.2 Å². The average molecular weight is 285 g/mol. The molecule has 2 fully saturated rings. The quantitative estimate of drug-likeness (QED) is 0.869. The number of carbonyl (C=O) groups is 2. The third-order valence-corrected chi connectivity index (χ3v) is 4.38. The lowest BCUT2D eigenvalue weighted by Gasteiger charge is -2.23. The van der Waals surface area contributed by atoms with Crippen molar-refractivity contribution >= 4 is 17.7 Å². The first kappa shape index (κ1) is 13.4. The molecule has 3 unspecified atom stereocenters. The number of hydrogen-bond acceptors (Lipinski definition) is 3. The summed E-state index contributed by atoms with van der Waals surface area (Å²) in [5.74, 6) is -1.31. The zero-order valence-corrected chi connectivity index (χ0v) is 11.3. The Bertz CT molecular complexity index is 637. The van der Waals surface area contributed by atoms with Crippen LogP contribution in [0.5, 0.6) is 0 Å². The molecule has 3 rings (SSSR count). The van der Waals surface area contributed by atoms with Crippen LogP contribution in [0.3, 0.4) is 0 Å². The highest BCUT2D eigenvalue weighted by Crippen LogP contribution is 2.42. The molecule has 0 aliphatic carbocycles. The van der Waals surface area contributed by atoms with E-state index >= 15 is 0 Å². The number of nitrogens with one attached hydrogen (secondary N) is 1. The van der Waals surface area contributed by atoms with Gasteiger partial charge in [-0.2, -0.15) is 5.26 Å². The Kier molecular flexibility index (Phi) is 3.26. The third-order valence-electron chi connectivity index (χ3n) is 4.38. The molecule has 1 aromatic carbocycles. The predicted molar refractivity (Wildman–Crippen MR) is 74.6 cm³/mol. The van der Waals surface area contributed by atoms with Crippen LogP contribution in [0, 0.1) is 17.2 Å². The molecule has 2 amide bonds. The number of carboxylic acids is 1. The Morgan fingerprint density at radius 2 is 2.10 bits per heavy atom. The van der Waals surface area contributed by atoms with Gasteiger partial charge < -0.3 is 15.3 Å². The van der Waals surface area contributed by atoms with Crippen LogP contribution >= 0.6 is 0 Å². The van der Waals surface area contributed by atoms with E-state index in [1.807, 2.05) is 6.07 Å². The molecule has 2 bridgehead atoms. The lowest BCUT2D eigenvalue weighted by Crippen LogP contribution is -2.40. The number of benzene rings is 1. The maximum absolute atomic E-state index is 12.4. The zero-order chi connectivity index (χ0) is 15.0. The Morgan fingerprint density at radius 3 is 2.76 bits per heavy atom. The van der Waals surface area contributed by atoms with Crippen molar-refractivity contribution < 1.29 is 14.7 Å². The number of fused-ring (bicyclic) bond motifs is 2. The van der Waals surface area contributed by atoms with Crippen LogP contribution in [-0.4, -0.2) is 34.1 Å². The van der Waals surface area contributed by atoms with Gasteiger partial charge in [-0.1, -0.05) is 12.1 Å². The molecule has 108 valence electrons. The van der Waals surface area contributed by atoms with Crippen LogP contribution in [0.15, 0.2) is 24.3 Å². The number of para-hydroxylation sites is 1. The number of aliphatic carboxylic acids is 1. The first-order valence-electron chi connectivity index (χ1n) is 6.93. The normalized spacial score (nSPS) is 26.4. The van der Waals surface area contributed by atoms with Crippen molar-refractivity contribution in [1.29, 1.82) is 5.26 Å². The molecule has 2 heterocycles. The molecule has 21 heavy (non-hydrogen) atoms. The summed E-state index contributed by atoms with van der Waals surface area (Å²) in [5.41, 5.74) is 0.857. The molecule has 2 N–H and O–H groups in total. The number of carboxylic acid groups (broad SMARTS) is 1. The highest BCUT2D eigenvalue weighted by molar-refractivity contribution is 5.92. The van der Waals surface area contributed by atoms with Crippen molar-refractivity contribution in [3.8, 4) is 6.07 Å². The summed E-state index contributed by atoms with van der Waals surface area (Å²) >= 11 is 0. The van der Waals surface area contributed by atoms with Crippen LogP contribution in [0.4, 0.5) is 10.5 Å². The van der Waals surface area contributed by atoms with E-state index in [9.17, 15) is 14.7 Å². The summed E-state index contributed by atoms with van der Waals surface area (Å²) in [4.78, 5) is 25.3. The Hall–Kier alpha value is -2.55. The number of anilines is 1.